The summed E-state index contributed by atoms with van der Waals surface area (Å²) in [6.07, 6.45) is 1.95. The second kappa shape index (κ2) is 5.69. The molecule has 3 aromatic rings. The van der Waals surface area contributed by atoms with Crippen LogP contribution >= 0.6 is 34.5 Å². The monoisotopic (exact) mass is 326 g/mol. The summed E-state index contributed by atoms with van der Waals surface area (Å²) < 4.78 is 3.38. The Balaban J connectivity index is 1.74. The summed E-state index contributed by atoms with van der Waals surface area (Å²) in [5.74, 6) is 0.866. The van der Waals surface area contributed by atoms with Crippen LogP contribution in [-0.4, -0.2) is 14.6 Å². The van der Waals surface area contributed by atoms with Gasteiger partial charge in [0.2, 0.25) is 0 Å². The molecule has 0 saturated carbocycles. The zero-order valence-corrected chi connectivity index (χ0v) is 13.0. The SMILES string of the molecule is CC(NCc1nnc2ccccn12)c1cc(Cl)sc1Cl. The molecule has 0 saturated heterocycles. The predicted molar refractivity (Wildman–Crippen MR) is 82.6 cm³/mol. The maximum Gasteiger partial charge on any atom is 0.160 e. The molecule has 3 aromatic heterocycles. The zero-order valence-electron chi connectivity index (χ0n) is 10.7. The molecule has 0 spiro atoms. The van der Waals surface area contributed by atoms with Gasteiger partial charge in [0.1, 0.15) is 0 Å². The number of thiophene rings is 1. The summed E-state index contributed by atoms with van der Waals surface area (Å²) in [5.41, 5.74) is 1.85. The maximum atomic E-state index is 6.16. The van der Waals surface area contributed by atoms with Crippen LogP contribution < -0.4 is 5.32 Å². The number of nitrogens with zero attached hydrogens (tertiary/aromatic N) is 3. The Morgan fingerprint density at radius 3 is 2.95 bits per heavy atom. The van der Waals surface area contributed by atoms with Crippen molar-refractivity contribution in [3.05, 3.63) is 50.5 Å². The van der Waals surface area contributed by atoms with Crippen LogP contribution in [0.3, 0.4) is 0 Å². The smallest absolute Gasteiger partial charge is 0.160 e. The van der Waals surface area contributed by atoms with Gasteiger partial charge in [0.25, 0.3) is 0 Å². The van der Waals surface area contributed by atoms with Gasteiger partial charge in [-0.3, -0.25) is 4.40 Å². The number of hydrogen-bond donors (Lipinski definition) is 1. The molecule has 0 aliphatic rings. The van der Waals surface area contributed by atoms with Crippen LogP contribution in [0.2, 0.25) is 8.67 Å². The number of pyridine rings is 1. The van der Waals surface area contributed by atoms with E-state index in [4.69, 9.17) is 23.2 Å². The second-order valence-corrected chi connectivity index (χ2v) is 6.71. The molecular formula is C13H12Cl2N4S. The Morgan fingerprint density at radius 1 is 1.35 bits per heavy atom. The van der Waals surface area contributed by atoms with Gasteiger partial charge in [-0.1, -0.05) is 29.3 Å². The Hall–Kier alpha value is -1.14. The van der Waals surface area contributed by atoms with Crippen molar-refractivity contribution in [2.75, 3.05) is 0 Å². The van der Waals surface area contributed by atoms with Crippen molar-refractivity contribution in [1.29, 1.82) is 0 Å². The average Bonchev–Trinajstić information content (AvgIpc) is 2.99. The molecule has 7 heteroatoms. The Kier molecular flexibility index (Phi) is 3.94. The van der Waals surface area contributed by atoms with Crippen molar-refractivity contribution in [2.24, 2.45) is 0 Å². The Morgan fingerprint density at radius 2 is 2.20 bits per heavy atom. The average molecular weight is 327 g/mol. The molecule has 0 aliphatic carbocycles. The lowest BCUT2D eigenvalue weighted by Gasteiger charge is -2.12. The highest BCUT2D eigenvalue weighted by atomic mass is 35.5. The fraction of sp³-hybridized carbons (Fsp3) is 0.231. The normalized spacial score (nSPS) is 12.9. The topological polar surface area (TPSA) is 42.2 Å². The van der Waals surface area contributed by atoms with E-state index >= 15 is 0 Å². The predicted octanol–water partition coefficient (Wildman–Crippen LogP) is 3.95. The first-order valence-electron chi connectivity index (χ1n) is 6.12. The lowest BCUT2D eigenvalue weighted by Crippen LogP contribution is -2.19. The van der Waals surface area contributed by atoms with Crippen molar-refractivity contribution in [3.63, 3.8) is 0 Å². The molecule has 0 amide bonds. The molecule has 0 radical (unpaired) electrons. The van der Waals surface area contributed by atoms with Crippen molar-refractivity contribution >= 4 is 40.2 Å². The van der Waals surface area contributed by atoms with Crippen molar-refractivity contribution < 1.29 is 0 Å². The number of rotatable bonds is 4. The Labute approximate surface area is 130 Å². The first-order chi connectivity index (χ1) is 9.65. The summed E-state index contributed by atoms with van der Waals surface area (Å²) in [6.45, 7) is 2.66. The van der Waals surface area contributed by atoms with Gasteiger partial charge in [0.15, 0.2) is 11.5 Å². The quantitative estimate of drug-likeness (QED) is 0.789. The van der Waals surface area contributed by atoms with E-state index in [0.29, 0.717) is 10.9 Å². The van der Waals surface area contributed by atoms with Crippen LogP contribution in [0.5, 0.6) is 0 Å². The lowest BCUT2D eigenvalue weighted by atomic mass is 10.2. The molecule has 0 bridgehead atoms. The highest BCUT2D eigenvalue weighted by Gasteiger charge is 2.14. The maximum absolute atomic E-state index is 6.16. The molecule has 0 aliphatic heterocycles. The van der Waals surface area contributed by atoms with Crippen molar-refractivity contribution in [2.45, 2.75) is 19.5 Å². The van der Waals surface area contributed by atoms with Crippen LogP contribution in [0.4, 0.5) is 0 Å². The molecule has 1 unspecified atom stereocenters. The molecule has 20 heavy (non-hydrogen) atoms. The molecule has 1 atom stereocenters. The largest absolute Gasteiger partial charge is 0.303 e. The second-order valence-electron chi connectivity index (χ2n) is 4.43. The van der Waals surface area contributed by atoms with Crippen molar-refractivity contribution in [1.82, 2.24) is 19.9 Å². The van der Waals surface area contributed by atoms with E-state index in [-0.39, 0.29) is 6.04 Å². The van der Waals surface area contributed by atoms with Crippen LogP contribution in [0.25, 0.3) is 5.65 Å². The fourth-order valence-electron chi connectivity index (χ4n) is 2.01. The standard InChI is InChI=1S/C13H12Cl2N4S/c1-8(9-6-10(14)20-13(9)15)16-7-12-18-17-11-4-2-3-5-19(11)12/h2-6,8,16H,7H2,1H3. The summed E-state index contributed by atoms with van der Waals surface area (Å²) in [5, 5.41) is 11.7. The van der Waals surface area contributed by atoms with Gasteiger partial charge in [0.05, 0.1) is 15.2 Å². The summed E-state index contributed by atoms with van der Waals surface area (Å²) in [4.78, 5) is 0. The number of halogens is 2. The van der Waals surface area contributed by atoms with E-state index < -0.39 is 0 Å². The molecule has 3 rings (SSSR count). The first-order valence-corrected chi connectivity index (χ1v) is 7.69. The van der Waals surface area contributed by atoms with Crippen LogP contribution in [0, 0.1) is 0 Å². The minimum absolute atomic E-state index is 0.0994. The Bertz CT molecular complexity index is 737. The fourth-order valence-corrected chi connectivity index (χ4v) is 3.66. The van der Waals surface area contributed by atoms with Crippen LogP contribution in [0.15, 0.2) is 30.5 Å². The molecular weight excluding hydrogens is 315 g/mol. The molecule has 3 heterocycles. The van der Waals surface area contributed by atoms with Gasteiger partial charge in [-0.15, -0.1) is 21.5 Å². The van der Waals surface area contributed by atoms with Crippen LogP contribution in [0.1, 0.15) is 24.4 Å². The van der Waals surface area contributed by atoms with E-state index in [9.17, 15) is 0 Å². The first kappa shape index (κ1) is 13.8. The molecule has 104 valence electrons. The molecule has 4 nitrogen and oxygen atoms in total. The van der Waals surface area contributed by atoms with Gasteiger partial charge in [0, 0.05) is 12.2 Å². The number of fused-ring (bicyclic) bond motifs is 1. The highest BCUT2D eigenvalue weighted by Crippen LogP contribution is 2.34. The third-order valence-electron chi connectivity index (χ3n) is 3.10. The van der Waals surface area contributed by atoms with Gasteiger partial charge in [-0.25, -0.2) is 0 Å². The molecule has 0 fully saturated rings. The zero-order chi connectivity index (χ0) is 14.1. The molecule has 0 aromatic carbocycles. The van der Waals surface area contributed by atoms with Gasteiger partial charge >= 0.3 is 0 Å². The summed E-state index contributed by atoms with van der Waals surface area (Å²) in [7, 11) is 0. The minimum atomic E-state index is 0.0994. The minimum Gasteiger partial charge on any atom is -0.303 e. The van der Waals surface area contributed by atoms with Gasteiger partial charge < -0.3 is 5.32 Å². The highest BCUT2D eigenvalue weighted by molar-refractivity contribution is 7.20. The van der Waals surface area contributed by atoms with E-state index in [0.717, 1.165) is 21.4 Å². The van der Waals surface area contributed by atoms with Gasteiger partial charge in [-0.2, -0.15) is 0 Å². The lowest BCUT2D eigenvalue weighted by molar-refractivity contribution is 0.558. The molecule has 1 N–H and O–H groups in total. The number of aromatic nitrogens is 3. The van der Waals surface area contributed by atoms with E-state index in [1.807, 2.05) is 41.8 Å². The van der Waals surface area contributed by atoms with Crippen molar-refractivity contribution in [3.8, 4) is 0 Å². The third-order valence-corrected chi connectivity index (χ3v) is 4.62. The van der Waals surface area contributed by atoms with E-state index in [1.165, 1.54) is 11.3 Å². The van der Waals surface area contributed by atoms with Crippen LogP contribution in [-0.2, 0) is 6.54 Å². The van der Waals surface area contributed by atoms with E-state index in [2.05, 4.69) is 15.5 Å². The number of hydrogen-bond acceptors (Lipinski definition) is 4. The summed E-state index contributed by atoms with van der Waals surface area (Å²) >= 11 is 13.5. The van der Waals surface area contributed by atoms with Gasteiger partial charge in [-0.05, 0) is 30.7 Å². The van der Waals surface area contributed by atoms with E-state index in [1.54, 1.807) is 0 Å². The summed E-state index contributed by atoms with van der Waals surface area (Å²) in [6, 6.07) is 7.82. The number of nitrogens with one attached hydrogen (secondary N) is 1. The third kappa shape index (κ3) is 2.67.